The summed E-state index contributed by atoms with van der Waals surface area (Å²) in [7, 11) is 1.68. The van der Waals surface area contributed by atoms with Gasteiger partial charge in [0, 0.05) is 50.2 Å². The van der Waals surface area contributed by atoms with Crippen LogP contribution in [0.15, 0.2) is 65.6 Å². The molecule has 0 aliphatic carbocycles. The second kappa shape index (κ2) is 8.73. The molecule has 8 heteroatoms. The molecule has 0 spiro atoms. The van der Waals surface area contributed by atoms with Crippen LogP contribution in [-0.4, -0.2) is 46.5 Å². The lowest BCUT2D eigenvalue weighted by atomic mass is 10.1. The lowest BCUT2D eigenvalue weighted by molar-refractivity contribution is 0.0743. The maximum atomic E-state index is 13.2. The Morgan fingerprint density at radius 1 is 0.970 bits per heavy atom. The number of aromatic nitrogens is 2. The molecule has 1 aliphatic heterocycles. The van der Waals surface area contributed by atoms with Crippen molar-refractivity contribution in [3.05, 3.63) is 82.4 Å². The molecular weight excluding hydrogens is 416 g/mol. The lowest BCUT2D eigenvalue weighted by Crippen LogP contribution is -2.49. The highest BCUT2D eigenvalue weighted by atomic mass is 16.2. The van der Waals surface area contributed by atoms with Gasteiger partial charge in [-0.1, -0.05) is 42.5 Å². The summed E-state index contributed by atoms with van der Waals surface area (Å²) in [5.74, 6) is -0.101. The summed E-state index contributed by atoms with van der Waals surface area (Å²) in [6.45, 7) is 2.03. The van der Waals surface area contributed by atoms with Gasteiger partial charge >= 0.3 is 0 Å². The third kappa shape index (κ3) is 3.58. The molecule has 0 bridgehead atoms. The summed E-state index contributed by atoms with van der Waals surface area (Å²) in [5, 5.41) is 12.4. The fourth-order valence-electron chi connectivity index (χ4n) is 4.48. The molecule has 0 atom stereocenters. The van der Waals surface area contributed by atoms with Gasteiger partial charge in [0.05, 0.1) is 11.2 Å². The van der Waals surface area contributed by atoms with Crippen LogP contribution in [0.2, 0.25) is 0 Å². The Hall–Kier alpha value is -4.22. The van der Waals surface area contributed by atoms with Crippen molar-refractivity contribution in [1.82, 2.24) is 20.6 Å². The van der Waals surface area contributed by atoms with E-state index in [1.165, 1.54) is 4.57 Å². The zero-order valence-corrected chi connectivity index (χ0v) is 18.4. The van der Waals surface area contributed by atoms with Gasteiger partial charge < -0.3 is 20.5 Å². The molecule has 2 aromatic carbocycles. The van der Waals surface area contributed by atoms with E-state index in [4.69, 9.17) is 0 Å². The van der Waals surface area contributed by atoms with Crippen LogP contribution in [0.5, 0.6) is 0 Å². The van der Waals surface area contributed by atoms with Crippen molar-refractivity contribution < 1.29 is 4.79 Å². The van der Waals surface area contributed by atoms with Gasteiger partial charge in [-0.15, -0.1) is 0 Å². The standard InChI is InChI=1S/C25H21N5O2.H3N/c1-28-21-9-5-4-8-19(21)23(20(16-26)24(28)31)29-12-14-30(15-13-29)25(32)22-18-7-3-2-6-17(18)10-11-27-22;/h2-11H,12-15H2,1H3;1H3. The number of carbonyl (C=O) groups is 1. The van der Waals surface area contributed by atoms with Crippen molar-refractivity contribution >= 4 is 33.3 Å². The largest absolute Gasteiger partial charge is 0.366 e. The molecule has 3 heterocycles. The zero-order valence-electron chi connectivity index (χ0n) is 18.4. The first-order chi connectivity index (χ1) is 15.6. The highest BCUT2D eigenvalue weighted by Crippen LogP contribution is 2.29. The van der Waals surface area contributed by atoms with E-state index >= 15 is 0 Å². The molecule has 4 aromatic rings. The first kappa shape index (κ1) is 22.0. The van der Waals surface area contributed by atoms with Gasteiger partial charge in [0.2, 0.25) is 0 Å². The predicted molar refractivity (Wildman–Crippen MR) is 129 cm³/mol. The van der Waals surface area contributed by atoms with Crippen LogP contribution in [0.25, 0.3) is 21.7 Å². The molecule has 1 fully saturated rings. The molecule has 1 saturated heterocycles. The Bertz CT molecular complexity index is 1460. The third-order valence-electron chi connectivity index (χ3n) is 6.15. The number of nitrogens with zero attached hydrogens (tertiary/aromatic N) is 5. The van der Waals surface area contributed by atoms with Crippen LogP contribution in [0.4, 0.5) is 5.69 Å². The number of fused-ring (bicyclic) bond motifs is 2. The van der Waals surface area contributed by atoms with Crippen LogP contribution >= 0.6 is 0 Å². The minimum Gasteiger partial charge on any atom is -0.366 e. The SMILES string of the molecule is Cn1c(=O)c(C#N)c(N2CCN(C(=O)c3nccc4ccccc34)CC2)c2ccccc21.N. The number of benzene rings is 2. The predicted octanol–water partition coefficient (Wildman–Crippen LogP) is 3.08. The molecule has 5 rings (SSSR count). The smallest absolute Gasteiger partial charge is 0.273 e. The van der Waals surface area contributed by atoms with Crippen molar-refractivity contribution in [3.63, 3.8) is 0 Å². The van der Waals surface area contributed by atoms with E-state index < -0.39 is 0 Å². The number of hydrogen-bond donors (Lipinski definition) is 1. The first-order valence-electron chi connectivity index (χ1n) is 10.5. The maximum Gasteiger partial charge on any atom is 0.273 e. The summed E-state index contributed by atoms with van der Waals surface area (Å²) < 4.78 is 1.52. The molecule has 33 heavy (non-hydrogen) atoms. The molecule has 2 aromatic heterocycles. The summed E-state index contributed by atoms with van der Waals surface area (Å²) in [6.07, 6.45) is 1.66. The van der Waals surface area contributed by atoms with E-state index in [0.717, 1.165) is 21.7 Å². The third-order valence-corrected chi connectivity index (χ3v) is 6.15. The number of anilines is 1. The number of para-hydroxylation sites is 1. The molecule has 1 aliphatic rings. The maximum absolute atomic E-state index is 13.2. The molecule has 3 N–H and O–H groups in total. The fraction of sp³-hybridized carbons (Fsp3) is 0.200. The monoisotopic (exact) mass is 440 g/mol. The quantitative estimate of drug-likeness (QED) is 0.512. The van der Waals surface area contributed by atoms with Gasteiger partial charge in [-0.2, -0.15) is 5.26 Å². The van der Waals surface area contributed by atoms with Crippen molar-refractivity contribution in [1.29, 1.82) is 5.26 Å². The number of carbonyl (C=O) groups excluding carboxylic acids is 1. The molecule has 8 nitrogen and oxygen atoms in total. The fourth-order valence-corrected chi connectivity index (χ4v) is 4.48. The normalized spacial score (nSPS) is 13.6. The zero-order chi connectivity index (χ0) is 22.2. The number of piperazine rings is 1. The number of pyridine rings is 2. The van der Waals surface area contributed by atoms with Crippen LogP contribution in [0.1, 0.15) is 16.1 Å². The van der Waals surface area contributed by atoms with E-state index in [9.17, 15) is 14.9 Å². The average molecular weight is 441 g/mol. The minimum atomic E-state index is -0.306. The van der Waals surface area contributed by atoms with Crippen LogP contribution in [-0.2, 0) is 7.05 Å². The van der Waals surface area contributed by atoms with Gasteiger partial charge in [-0.05, 0) is 17.5 Å². The Morgan fingerprint density at radius 3 is 2.36 bits per heavy atom. The molecule has 0 unspecified atom stereocenters. The van der Waals surface area contributed by atoms with E-state index in [-0.39, 0.29) is 23.2 Å². The molecule has 0 radical (unpaired) electrons. The van der Waals surface area contributed by atoms with E-state index in [2.05, 4.69) is 11.1 Å². The number of aryl methyl sites for hydroxylation is 1. The van der Waals surface area contributed by atoms with Gasteiger partial charge in [0.25, 0.3) is 11.5 Å². The van der Waals surface area contributed by atoms with Gasteiger partial charge in [0.1, 0.15) is 17.3 Å². The van der Waals surface area contributed by atoms with Gasteiger partial charge in [-0.25, -0.2) is 0 Å². The first-order valence-corrected chi connectivity index (χ1v) is 10.5. The molecule has 1 amide bonds. The lowest BCUT2D eigenvalue weighted by Gasteiger charge is -2.37. The number of nitriles is 1. The molecular formula is C25H24N6O2. The van der Waals surface area contributed by atoms with Crippen LogP contribution in [0, 0.1) is 11.3 Å². The number of hydrogen-bond acceptors (Lipinski definition) is 6. The van der Waals surface area contributed by atoms with Crippen molar-refractivity contribution in [2.45, 2.75) is 0 Å². The Kier molecular flexibility index (Phi) is 5.82. The second-order valence-electron chi connectivity index (χ2n) is 7.88. The van der Waals surface area contributed by atoms with Crippen molar-refractivity contribution in [2.75, 3.05) is 31.1 Å². The van der Waals surface area contributed by atoms with Crippen LogP contribution < -0.4 is 16.6 Å². The summed E-state index contributed by atoms with van der Waals surface area (Å²) in [4.78, 5) is 34.2. The topological polar surface area (TPSA) is 117 Å². The highest BCUT2D eigenvalue weighted by molar-refractivity contribution is 6.05. The van der Waals surface area contributed by atoms with E-state index in [0.29, 0.717) is 37.6 Å². The Morgan fingerprint density at radius 2 is 1.64 bits per heavy atom. The Balaban J connectivity index is 0.00000259. The van der Waals surface area contributed by atoms with E-state index in [1.807, 2.05) is 59.5 Å². The highest BCUT2D eigenvalue weighted by Gasteiger charge is 2.27. The minimum absolute atomic E-state index is 0. The van der Waals surface area contributed by atoms with Crippen molar-refractivity contribution in [3.8, 4) is 6.07 Å². The van der Waals surface area contributed by atoms with Crippen LogP contribution in [0.3, 0.4) is 0 Å². The summed E-state index contributed by atoms with van der Waals surface area (Å²) in [6, 6.07) is 19.3. The Labute approximate surface area is 190 Å². The average Bonchev–Trinajstić information content (AvgIpc) is 2.85. The number of amides is 1. The van der Waals surface area contributed by atoms with Crippen molar-refractivity contribution in [2.24, 2.45) is 7.05 Å². The molecule has 0 saturated carbocycles. The summed E-state index contributed by atoms with van der Waals surface area (Å²) in [5.41, 5.74) is 1.72. The van der Waals surface area contributed by atoms with Gasteiger partial charge in [-0.3, -0.25) is 14.6 Å². The summed E-state index contributed by atoms with van der Waals surface area (Å²) >= 11 is 0. The number of rotatable bonds is 2. The van der Waals surface area contributed by atoms with E-state index in [1.54, 1.807) is 18.1 Å². The van der Waals surface area contributed by atoms with Gasteiger partial charge in [0.15, 0.2) is 0 Å². The molecule has 166 valence electrons. The second-order valence-corrected chi connectivity index (χ2v) is 7.88.